The zero-order valence-electron chi connectivity index (χ0n) is 18.1. The smallest absolute Gasteiger partial charge is 0.337 e. The molecule has 8 heteroatoms. The van der Waals surface area contributed by atoms with Gasteiger partial charge in [-0.05, 0) is 35.1 Å². The lowest BCUT2D eigenvalue weighted by Crippen LogP contribution is -2.27. The average Bonchev–Trinajstić information content (AvgIpc) is 3.35. The molecule has 1 aliphatic heterocycles. The normalized spacial score (nSPS) is 17.2. The SMILES string of the molecule is CC(C)(C)c1ccc(CN2C(=O)CCC2c2nc(-c3ccc(C(F)(F)F)cc3)no2)cc1. The van der Waals surface area contributed by atoms with Gasteiger partial charge in [-0.1, -0.05) is 62.3 Å². The number of carbonyl (C=O) groups excluding carboxylic acids is 1. The summed E-state index contributed by atoms with van der Waals surface area (Å²) in [5.41, 5.74) is 1.93. The fourth-order valence-corrected chi connectivity index (χ4v) is 3.79. The summed E-state index contributed by atoms with van der Waals surface area (Å²) in [5, 5.41) is 3.92. The van der Waals surface area contributed by atoms with Crippen molar-refractivity contribution < 1.29 is 22.5 Å². The van der Waals surface area contributed by atoms with Crippen molar-refractivity contribution >= 4 is 5.91 Å². The van der Waals surface area contributed by atoms with Crippen molar-refractivity contribution in [2.45, 2.75) is 57.8 Å². The summed E-state index contributed by atoms with van der Waals surface area (Å²) in [4.78, 5) is 18.6. The summed E-state index contributed by atoms with van der Waals surface area (Å²) in [7, 11) is 0. The molecule has 0 saturated carbocycles. The first kappa shape index (κ1) is 22.0. The number of hydrogen-bond donors (Lipinski definition) is 0. The molecule has 2 aromatic carbocycles. The van der Waals surface area contributed by atoms with Crippen LogP contribution in [0.2, 0.25) is 0 Å². The number of amides is 1. The fraction of sp³-hybridized carbons (Fsp3) is 0.375. The van der Waals surface area contributed by atoms with Crippen LogP contribution in [0, 0.1) is 0 Å². The van der Waals surface area contributed by atoms with E-state index in [1.54, 1.807) is 4.90 Å². The van der Waals surface area contributed by atoms with E-state index < -0.39 is 11.7 Å². The van der Waals surface area contributed by atoms with Crippen molar-refractivity contribution in [3.8, 4) is 11.4 Å². The molecule has 2 heterocycles. The average molecular weight is 443 g/mol. The monoisotopic (exact) mass is 443 g/mol. The maximum absolute atomic E-state index is 12.8. The Hall–Kier alpha value is -3.16. The van der Waals surface area contributed by atoms with Gasteiger partial charge in [0.1, 0.15) is 6.04 Å². The maximum atomic E-state index is 12.8. The van der Waals surface area contributed by atoms with Crippen molar-refractivity contribution in [3.05, 3.63) is 71.1 Å². The van der Waals surface area contributed by atoms with Crippen LogP contribution in [0.5, 0.6) is 0 Å². The first-order valence-corrected chi connectivity index (χ1v) is 10.4. The van der Waals surface area contributed by atoms with E-state index in [9.17, 15) is 18.0 Å². The van der Waals surface area contributed by atoms with Crippen LogP contribution in [0.25, 0.3) is 11.4 Å². The quantitative estimate of drug-likeness (QED) is 0.503. The van der Waals surface area contributed by atoms with Crippen molar-refractivity contribution in [2.24, 2.45) is 0 Å². The Morgan fingerprint density at radius 2 is 1.62 bits per heavy atom. The van der Waals surface area contributed by atoms with Gasteiger partial charge in [-0.3, -0.25) is 4.79 Å². The Labute approximate surface area is 184 Å². The van der Waals surface area contributed by atoms with Crippen LogP contribution >= 0.6 is 0 Å². The van der Waals surface area contributed by atoms with Crippen LogP contribution in [-0.2, 0) is 22.9 Å². The molecule has 4 rings (SSSR count). The van der Waals surface area contributed by atoms with Crippen LogP contribution in [0.4, 0.5) is 13.2 Å². The van der Waals surface area contributed by atoms with Gasteiger partial charge in [0.15, 0.2) is 0 Å². The predicted octanol–water partition coefficient (Wildman–Crippen LogP) is 5.92. The minimum atomic E-state index is -4.41. The zero-order chi connectivity index (χ0) is 23.1. The van der Waals surface area contributed by atoms with E-state index in [0.717, 1.165) is 17.7 Å². The summed E-state index contributed by atoms with van der Waals surface area (Å²) >= 11 is 0. The molecular formula is C24H24F3N3O2. The summed E-state index contributed by atoms with van der Waals surface area (Å²) in [6.07, 6.45) is -3.48. The van der Waals surface area contributed by atoms with Crippen LogP contribution < -0.4 is 0 Å². The van der Waals surface area contributed by atoms with E-state index in [4.69, 9.17) is 4.52 Å². The highest BCUT2D eigenvalue weighted by Crippen LogP contribution is 2.35. The molecule has 32 heavy (non-hydrogen) atoms. The highest BCUT2D eigenvalue weighted by atomic mass is 19.4. The highest BCUT2D eigenvalue weighted by molar-refractivity contribution is 5.78. The third-order valence-corrected chi connectivity index (χ3v) is 5.70. The van der Waals surface area contributed by atoms with Crippen LogP contribution in [0.1, 0.15) is 62.2 Å². The molecule has 1 atom stereocenters. The first-order chi connectivity index (χ1) is 15.0. The number of carbonyl (C=O) groups is 1. The van der Waals surface area contributed by atoms with E-state index >= 15 is 0 Å². The lowest BCUT2D eigenvalue weighted by Gasteiger charge is -2.23. The van der Waals surface area contributed by atoms with Crippen molar-refractivity contribution in [1.82, 2.24) is 15.0 Å². The minimum Gasteiger partial charge on any atom is -0.337 e. The van der Waals surface area contributed by atoms with Gasteiger partial charge in [0.2, 0.25) is 17.6 Å². The lowest BCUT2D eigenvalue weighted by molar-refractivity contribution is -0.137. The number of likely N-dealkylation sites (tertiary alicyclic amines) is 1. The molecule has 1 aromatic heterocycles. The van der Waals surface area contributed by atoms with Gasteiger partial charge in [0, 0.05) is 18.5 Å². The summed E-state index contributed by atoms with van der Waals surface area (Å²) in [6.45, 7) is 6.86. The molecule has 0 spiro atoms. The molecule has 1 aliphatic rings. The molecule has 0 N–H and O–H groups in total. The van der Waals surface area contributed by atoms with E-state index in [1.165, 1.54) is 17.7 Å². The number of nitrogens with zero attached hydrogens (tertiary/aromatic N) is 3. The third kappa shape index (κ3) is 4.54. The van der Waals surface area contributed by atoms with Gasteiger partial charge in [-0.2, -0.15) is 18.2 Å². The third-order valence-electron chi connectivity index (χ3n) is 5.70. The summed E-state index contributed by atoms with van der Waals surface area (Å²) in [6, 6.07) is 12.4. The Kier molecular flexibility index (Phi) is 5.56. The van der Waals surface area contributed by atoms with E-state index in [0.29, 0.717) is 24.9 Å². The van der Waals surface area contributed by atoms with Crippen molar-refractivity contribution in [2.75, 3.05) is 0 Å². The molecule has 1 amide bonds. The summed E-state index contributed by atoms with van der Waals surface area (Å²) in [5.74, 6) is 0.490. The molecule has 1 unspecified atom stereocenters. The van der Waals surface area contributed by atoms with Crippen molar-refractivity contribution in [3.63, 3.8) is 0 Å². The zero-order valence-corrected chi connectivity index (χ0v) is 18.1. The van der Waals surface area contributed by atoms with E-state index in [1.807, 2.05) is 12.1 Å². The van der Waals surface area contributed by atoms with E-state index in [2.05, 4.69) is 43.0 Å². The highest BCUT2D eigenvalue weighted by Gasteiger charge is 2.36. The fourth-order valence-electron chi connectivity index (χ4n) is 3.79. The second kappa shape index (κ2) is 8.07. The molecule has 0 aliphatic carbocycles. The molecule has 1 fully saturated rings. The number of hydrogen-bond acceptors (Lipinski definition) is 4. The Bertz CT molecular complexity index is 1100. The first-order valence-electron chi connectivity index (χ1n) is 10.4. The molecule has 0 bridgehead atoms. The van der Waals surface area contributed by atoms with Gasteiger partial charge in [0.05, 0.1) is 5.56 Å². The van der Waals surface area contributed by atoms with Crippen molar-refractivity contribution in [1.29, 1.82) is 0 Å². The van der Waals surface area contributed by atoms with E-state index in [-0.39, 0.29) is 29.1 Å². The van der Waals surface area contributed by atoms with Gasteiger partial charge >= 0.3 is 6.18 Å². The number of aromatic nitrogens is 2. The van der Waals surface area contributed by atoms with Crippen LogP contribution in [0.3, 0.4) is 0 Å². The summed E-state index contributed by atoms with van der Waals surface area (Å²) < 4.78 is 43.7. The van der Waals surface area contributed by atoms with Crippen LogP contribution in [-0.4, -0.2) is 20.9 Å². The topological polar surface area (TPSA) is 59.2 Å². The number of halogens is 3. The Morgan fingerprint density at radius 1 is 1.00 bits per heavy atom. The minimum absolute atomic E-state index is 0.00387. The number of benzene rings is 2. The molecular weight excluding hydrogens is 419 g/mol. The molecule has 1 saturated heterocycles. The number of rotatable bonds is 4. The second-order valence-electron chi connectivity index (χ2n) is 9.05. The maximum Gasteiger partial charge on any atom is 0.416 e. The Morgan fingerprint density at radius 3 is 2.22 bits per heavy atom. The molecule has 3 aromatic rings. The number of alkyl halides is 3. The molecule has 5 nitrogen and oxygen atoms in total. The van der Waals surface area contributed by atoms with Gasteiger partial charge in [-0.25, -0.2) is 0 Å². The molecule has 0 radical (unpaired) electrons. The van der Waals surface area contributed by atoms with Crippen LogP contribution in [0.15, 0.2) is 53.1 Å². The predicted molar refractivity (Wildman–Crippen MR) is 112 cm³/mol. The van der Waals surface area contributed by atoms with Gasteiger partial charge < -0.3 is 9.42 Å². The Balaban J connectivity index is 1.52. The lowest BCUT2D eigenvalue weighted by atomic mass is 9.87. The van der Waals surface area contributed by atoms with Gasteiger partial charge in [0.25, 0.3) is 0 Å². The molecule has 168 valence electrons. The largest absolute Gasteiger partial charge is 0.416 e. The standard InChI is InChI=1S/C24H24F3N3O2/c1-23(2,3)17-8-4-15(5-9-17)14-30-19(12-13-20(30)31)22-28-21(29-32-22)16-6-10-18(11-7-16)24(25,26)27/h4-11,19H,12-14H2,1-3H3. The second-order valence-corrected chi connectivity index (χ2v) is 9.05. The van der Waals surface area contributed by atoms with Gasteiger partial charge in [-0.15, -0.1) is 0 Å².